The molecule has 0 spiro atoms. The molecule has 0 saturated carbocycles. The largest absolute Gasteiger partial charge is 0.396 e. The molecule has 0 amide bonds. The second kappa shape index (κ2) is 10.3. The van der Waals surface area contributed by atoms with Gasteiger partial charge < -0.3 is 40.1 Å². The quantitative estimate of drug-likeness (QED) is 0.251. The van der Waals surface area contributed by atoms with Crippen molar-refractivity contribution in [1.82, 2.24) is 0 Å². The molecule has 136 valence electrons. The lowest BCUT2D eigenvalue weighted by Gasteiger charge is -2.39. The molecule has 1 aliphatic rings. The molecule has 0 unspecified atom stereocenters. The number of ether oxygens (including phenoxy) is 2. The molecular weight excluding hydrogens is 308 g/mol. The van der Waals surface area contributed by atoms with E-state index in [9.17, 15) is 20.4 Å². The fraction of sp³-hybridized carbons (Fsp3) is 0.867. The third-order valence-corrected chi connectivity index (χ3v) is 4.24. The van der Waals surface area contributed by atoms with Crippen molar-refractivity contribution < 1.29 is 40.1 Å². The van der Waals surface area contributed by atoms with Crippen LogP contribution in [0.25, 0.3) is 0 Å². The molecular formula is C15H28O8. The Morgan fingerprint density at radius 3 is 2.26 bits per heavy atom. The van der Waals surface area contributed by atoms with E-state index in [1.54, 1.807) is 6.08 Å². The van der Waals surface area contributed by atoms with Crippen molar-refractivity contribution in [3.63, 3.8) is 0 Å². The van der Waals surface area contributed by atoms with Crippen LogP contribution in [-0.2, 0) is 9.47 Å². The van der Waals surface area contributed by atoms with Gasteiger partial charge in [-0.25, -0.2) is 0 Å². The van der Waals surface area contributed by atoms with Crippen molar-refractivity contribution in [3.8, 4) is 0 Å². The maximum absolute atomic E-state index is 9.85. The van der Waals surface area contributed by atoms with Gasteiger partial charge in [-0.1, -0.05) is 6.08 Å². The average molecular weight is 336 g/mol. The van der Waals surface area contributed by atoms with Crippen molar-refractivity contribution >= 4 is 0 Å². The van der Waals surface area contributed by atoms with Gasteiger partial charge in [0.2, 0.25) is 0 Å². The Kier molecular flexibility index (Phi) is 9.18. The average Bonchev–Trinajstić information content (AvgIpc) is 2.56. The molecule has 6 N–H and O–H groups in total. The molecule has 1 aliphatic heterocycles. The Balaban J connectivity index is 2.53. The van der Waals surface area contributed by atoms with Gasteiger partial charge in [0, 0.05) is 19.1 Å². The minimum Gasteiger partial charge on any atom is -0.396 e. The first-order chi connectivity index (χ1) is 11.0. The van der Waals surface area contributed by atoms with Crippen LogP contribution >= 0.6 is 0 Å². The molecule has 0 radical (unpaired) electrons. The lowest BCUT2D eigenvalue weighted by atomic mass is 9.88. The summed E-state index contributed by atoms with van der Waals surface area (Å²) in [6.45, 7) is 3.16. The van der Waals surface area contributed by atoms with Crippen molar-refractivity contribution in [2.75, 3.05) is 26.4 Å². The second-order valence-corrected chi connectivity index (χ2v) is 5.71. The summed E-state index contributed by atoms with van der Waals surface area (Å²) in [4.78, 5) is 0. The van der Waals surface area contributed by atoms with E-state index in [1.165, 1.54) is 0 Å². The fourth-order valence-electron chi connectivity index (χ4n) is 2.70. The van der Waals surface area contributed by atoms with Crippen LogP contribution in [0.1, 0.15) is 12.8 Å². The Morgan fingerprint density at radius 2 is 1.74 bits per heavy atom. The summed E-state index contributed by atoms with van der Waals surface area (Å²) in [6.07, 6.45) is -3.94. The van der Waals surface area contributed by atoms with Crippen LogP contribution in [0, 0.1) is 11.8 Å². The molecule has 1 saturated heterocycles. The number of rotatable bonds is 10. The van der Waals surface area contributed by atoms with Gasteiger partial charge in [-0.3, -0.25) is 0 Å². The zero-order valence-corrected chi connectivity index (χ0v) is 13.1. The Hall–Kier alpha value is -0.580. The fourth-order valence-corrected chi connectivity index (χ4v) is 2.70. The van der Waals surface area contributed by atoms with E-state index in [-0.39, 0.29) is 31.7 Å². The normalized spacial score (nSPS) is 34.1. The molecule has 23 heavy (non-hydrogen) atoms. The summed E-state index contributed by atoms with van der Waals surface area (Å²) in [5.74, 6) is -0.229. The van der Waals surface area contributed by atoms with E-state index in [0.717, 1.165) is 0 Å². The van der Waals surface area contributed by atoms with Crippen LogP contribution in [0.2, 0.25) is 0 Å². The Bertz CT molecular complexity index is 337. The summed E-state index contributed by atoms with van der Waals surface area (Å²) in [7, 11) is 0. The first-order valence-electron chi connectivity index (χ1n) is 7.76. The van der Waals surface area contributed by atoms with E-state index >= 15 is 0 Å². The van der Waals surface area contributed by atoms with E-state index < -0.39 is 37.3 Å². The molecule has 0 aromatic heterocycles. The zero-order valence-electron chi connectivity index (χ0n) is 13.1. The summed E-state index contributed by atoms with van der Waals surface area (Å²) < 4.78 is 10.6. The smallest absolute Gasteiger partial charge is 0.186 e. The lowest BCUT2D eigenvalue weighted by molar-refractivity contribution is -0.301. The van der Waals surface area contributed by atoms with Crippen LogP contribution in [0.3, 0.4) is 0 Å². The van der Waals surface area contributed by atoms with Gasteiger partial charge >= 0.3 is 0 Å². The molecule has 1 rings (SSSR count). The van der Waals surface area contributed by atoms with Crippen LogP contribution < -0.4 is 0 Å². The molecule has 1 heterocycles. The summed E-state index contributed by atoms with van der Waals surface area (Å²) in [6, 6.07) is 0. The minimum absolute atomic E-state index is 0.0327. The van der Waals surface area contributed by atoms with Gasteiger partial charge in [0.05, 0.1) is 13.2 Å². The lowest BCUT2D eigenvalue weighted by Crippen LogP contribution is -2.59. The first kappa shape index (κ1) is 20.5. The predicted molar refractivity (Wildman–Crippen MR) is 80.3 cm³/mol. The monoisotopic (exact) mass is 336 g/mol. The van der Waals surface area contributed by atoms with Crippen molar-refractivity contribution in [2.24, 2.45) is 11.8 Å². The van der Waals surface area contributed by atoms with Gasteiger partial charge in [0.1, 0.15) is 24.4 Å². The van der Waals surface area contributed by atoms with Gasteiger partial charge in [-0.05, 0) is 18.8 Å². The van der Waals surface area contributed by atoms with Crippen LogP contribution in [0.5, 0.6) is 0 Å². The maximum atomic E-state index is 9.85. The van der Waals surface area contributed by atoms with Crippen LogP contribution in [0.4, 0.5) is 0 Å². The zero-order chi connectivity index (χ0) is 17.4. The molecule has 1 fully saturated rings. The first-order valence-corrected chi connectivity index (χ1v) is 7.76. The highest BCUT2D eigenvalue weighted by molar-refractivity contribution is 4.89. The van der Waals surface area contributed by atoms with Crippen LogP contribution in [0.15, 0.2) is 12.7 Å². The molecule has 0 aromatic carbocycles. The maximum Gasteiger partial charge on any atom is 0.186 e. The molecule has 0 bridgehead atoms. The minimum atomic E-state index is -1.47. The molecule has 8 nitrogen and oxygen atoms in total. The van der Waals surface area contributed by atoms with Crippen molar-refractivity contribution in [2.45, 2.75) is 43.5 Å². The molecule has 0 aromatic rings. The Labute approximate surface area is 135 Å². The van der Waals surface area contributed by atoms with Gasteiger partial charge in [0.25, 0.3) is 0 Å². The number of aliphatic hydroxyl groups excluding tert-OH is 6. The SMILES string of the molecule is C=C[C@H](CO)[C@H](CCO)CCO[C@@H]1O[C@H](CO)[C@@H](O)[C@H](O)[C@H]1O. The number of hydrogen-bond acceptors (Lipinski definition) is 8. The summed E-state index contributed by atoms with van der Waals surface area (Å²) >= 11 is 0. The third-order valence-electron chi connectivity index (χ3n) is 4.24. The standard InChI is InChI=1S/C15H28O8/c1-2-9(7-17)10(3-5-16)4-6-22-15-14(21)13(20)12(19)11(8-18)23-15/h2,9-21H,1,3-8H2/t9-,10-,11-,12-,13+,14-,15-/m1/s1. The van der Waals surface area contributed by atoms with E-state index in [1.807, 2.05) is 0 Å². The highest BCUT2D eigenvalue weighted by Gasteiger charge is 2.44. The van der Waals surface area contributed by atoms with Gasteiger partial charge in [-0.15, -0.1) is 6.58 Å². The highest BCUT2D eigenvalue weighted by Crippen LogP contribution is 2.24. The van der Waals surface area contributed by atoms with E-state index in [0.29, 0.717) is 12.8 Å². The number of aliphatic hydroxyl groups is 6. The highest BCUT2D eigenvalue weighted by atomic mass is 16.7. The van der Waals surface area contributed by atoms with E-state index in [4.69, 9.17) is 19.7 Å². The summed E-state index contributed by atoms with van der Waals surface area (Å²) in [5.41, 5.74) is 0. The molecule has 7 atom stereocenters. The second-order valence-electron chi connectivity index (χ2n) is 5.71. The number of hydrogen-bond donors (Lipinski definition) is 6. The topological polar surface area (TPSA) is 140 Å². The van der Waals surface area contributed by atoms with Crippen LogP contribution in [-0.4, -0.2) is 87.8 Å². The van der Waals surface area contributed by atoms with Gasteiger partial charge in [0.15, 0.2) is 6.29 Å². The predicted octanol–water partition coefficient (Wildman–Crippen LogP) is -2.01. The molecule has 8 heteroatoms. The van der Waals surface area contributed by atoms with Crippen molar-refractivity contribution in [3.05, 3.63) is 12.7 Å². The van der Waals surface area contributed by atoms with Crippen molar-refractivity contribution in [1.29, 1.82) is 0 Å². The molecule has 0 aliphatic carbocycles. The van der Waals surface area contributed by atoms with E-state index in [2.05, 4.69) is 6.58 Å². The summed E-state index contributed by atoms with van der Waals surface area (Å²) in [5, 5.41) is 56.7. The third kappa shape index (κ3) is 5.47. The van der Waals surface area contributed by atoms with Gasteiger partial charge in [-0.2, -0.15) is 0 Å². The Morgan fingerprint density at radius 1 is 1.04 bits per heavy atom.